The van der Waals surface area contributed by atoms with Gasteiger partial charge in [0.25, 0.3) is 6.71 Å². The van der Waals surface area contributed by atoms with Crippen LogP contribution in [0.2, 0.25) is 0 Å². The summed E-state index contributed by atoms with van der Waals surface area (Å²) in [6.07, 6.45) is 0. The summed E-state index contributed by atoms with van der Waals surface area (Å²) in [6.45, 7) is 16.2. The fourth-order valence-corrected chi connectivity index (χ4v) is 10.5. The van der Waals surface area contributed by atoms with Gasteiger partial charge in [0.1, 0.15) is 0 Å². The fraction of sp³-hybridized carbons (Fsp3) is 0.209. The standard InChI is InChI=1S/C43H39BN2S2/c1-26-24-33-37-34(25-26)46(30-22-18-28(19-23-30)43(5,6)7)39-32-13-9-11-15-36(32)48-41(39)44(37)40-38(31-12-8-10-14-35(31)47-40)45(33)29-20-16-27(17-21-29)42(2,3)4/h8-25H,1-7H3. The highest BCUT2D eigenvalue weighted by atomic mass is 32.1. The molecule has 2 nitrogen and oxygen atoms in total. The molecule has 0 bridgehead atoms. The van der Waals surface area contributed by atoms with Crippen LogP contribution in [0.1, 0.15) is 58.2 Å². The van der Waals surface area contributed by atoms with Crippen LogP contribution in [-0.4, -0.2) is 6.71 Å². The van der Waals surface area contributed by atoms with Gasteiger partial charge in [-0.15, -0.1) is 22.7 Å². The zero-order valence-electron chi connectivity index (χ0n) is 28.7. The highest BCUT2D eigenvalue weighted by molar-refractivity contribution is 7.40. The lowest BCUT2D eigenvalue weighted by Gasteiger charge is -2.42. The molecule has 5 heteroatoms. The van der Waals surface area contributed by atoms with Crippen LogP contribution in [-0.2, 0) is 10.8 Å². The van der Waals surface area contributed by atoms with E-state index in [0.717, 1.165) is 0 Å². The molecule has 2 aromatic heterocycles. The van der Waals surface area contributed by atoms with Crippen molar-refractivity contribution in [2.45, 2.75) is 59.3 Å². The molecular weight excluding hydrogens is 619 g/mol. The Bertz CT molecular complexity index is 2220. The van der Waals surface area contributed by atoms with Crippen LogP contribution in [0.5, 0.6) is 0 Å². The topological polar surface area (TPSA) is 6.48 Å². The Morgan fingerprint density at radius 1 is 0.521 bits per heavy atom. The van der Waals surface area contributed by atoms with Crippen molar-refractivity contribution in [3.63, 3.8) is 0 Å². The van der Waals surface area contributed by atoms with E-state index >= 15 is 0 Å². The van der Waals surface area contributed by atoms with Crippen molar-refractivity contribution in [3.8, 4) is 0 Å². The van der Waals surface area contributed by atoms with Crippen molar-refractivity contribution < 1.29 is 0 Å². The minimum atomic E-state index is 0.0921. The van der Waals surface area contributed by atoms with Gasteiger partial charge >= 0.3 is 0 Å². The highest BCUT2D eigenvalue weighted by Crippen LogP contribution is 2.50. The summed E-state index contributed by atoms with van der Waals surface area (Å²) in [5, 5.41) is 2.66. The van der Waals surface area contributed by atoms with Crippen LogP contribution in [0.25, 0.3) is 20.2 Å². The normalized spacial score (nSPS) is 14.0. The summed E-state index contributed by atoms with van der Waals surface area (Å²) in [7, 11) is 0. The van der Waals surface area contributed by atoms with Crippen molar-refractivity contribution in [1.82, 2.24) is 0 Å². The van der Waals surface area contributed by atoms with E-state index in [1.165, 1.54) is 86.0 Å². The van der Waals surface area contributed by atoms with Crippen molar-refractivity contribution in [1.29, 1.82) is 0 Å². The van der Waals surface area contributed by atoms with Crippen LogP contribution in [0.3, 0.4) is 0 Å². The molecule has 48 heavy (non-hydrogen) atoms. The minimum Gasteiger partial charge on any atom is -0.310 e. The van der Waals surface area contributed by atoms with Crippen LogP contribution in [0.4, 0.5) is 34.1 Å². The summed E-state index contributed by atoms with van der Waals surface area (Å²) >= 11 is 3.94. The SMILES string of the molecule is Cc1cc2c3c(c1)N(c1ccc(C(C)(C)C)cc1)c1c(sc4ccccc14)B3c1sc3ccccc3c1N2c1ccc(C(C)(C)C)cc1. The molecule has 5 aromatic carbocycles. The summed E-state index contributed by atoms with van der Waals surface area (Å²) in [4.78, 5) is 5.14. The van der Waals surface area contributed by atoms with Gasteiger partial charge in [-0.3, -0.25) is 0 Å². The molecule has 0 radical (unpaired) electrons. The molecule has 0 amide bonds. The number of aryl methyl sites for hydroxylation is 1. The maximum Gasteiger partial charge on any atom is 0.277 e. The Balaban J connectivity index is 1.37. The molecule has 0 saturated carbocycles. The van der Waals surface area contributed by atoms with Crippen molar-refractivity contribution >= 4 is 98.7 Å². The summed E-state index contributed by atoms with van der Waals surface area (Å²) < 4.78 is 5.55. The summed E-state index contributed by atoms with van der Waals surface area (Å²) in [6, 6.07) is 41.5. The average molecular weight is 659 g/mol. The molecule has 0 atom stereocenters. The van der Waals surface area contributed by atoms with Gasteiger partial charge in [-0.2, -0.15) is 0 Å². The third kappa shape index (κ3) is 4.37. The Hall–Kier alpha value is -4.32. The number of rotatable bonds is 2. The second-order valence-electron chi connectivity index (χ2n) is 15.5. The molecule has 0 aliphatic carbocycles. The first-order valence-electron chi connectivity index (χ1n) is 17.0. The van der Waals surface area contributed by atoms with E-state index in [1.807, 2.05) is 22.7 Å². The van der Waals surface area contributed by atoms with E-state index in [2.05, 4.69) is 167 Å². The molecule has 0 fully saturated rings. The lowest BCUT2D eigenvalue weighted by Crippen LogP contribution is -2.59. The van der Waals surface area contributed by atoms with Crippen LogP contribution >= 0.6 is 22.7 Å². The van der Waals surface area contributed by atoms with Crippen LogP contribution in [0, 0.1) is 6.92 Å². The smallest absolute Gasteiger partial charge is 0.277 e. The van der Waals surface area contributed by atoms with Gasteiger partial charge in [0.2, 0.25) is 0 Å². The molecule has 0 saturated heterocycles. The van der Waals surface area contributed by atoms with E-state index in [9.17, 15) is 0 Å². The molecule has 9 rings (SSSR count). The van der Waals surface area contributed by atoms with Crippen molar-refractivity contribution in [3.05, 3.63) is 126 Å². The molecule has 0 unspecified atom stereocenters. The molecule has 7 aromatic rings. The lowest BCUT2D eigenvalue weighted by atomic mass is 9.39. The summed E-state index contributed by atoms with van der Waals surface area (Å²) in [5.74, 6) is 0. The van der Waals surface area contributed by atoms with E-state index in [4.69, 9.17) is 0 Å². The summed E-state index contributed by atoms with van der Waals surface area (Å²) in [5.41, 5.74) is 13.2. The van der Waals surface area contributed by atoms with E-state index < -0.39 is 0 Å². The zero-order valence-corrected chi connectivity index (χ0v) is 30.3. The Labute approximate surface area is 292 Å². The monoisotopic (exact) mass is 658 g/mol. The number of anilines is 6. The van der Waals surface area contributed by atoms with Gasteiger partial charge < -0.3 is 9.80 Å². The van der Waals surface area contributed by atoms with Gasteiger partial charge in [-0.25, -0.2) is 0 Å². The molecular formula is C43H39BN2S2. The van der Waals surface area contributed by atoms with Gasteiger partial charge in [0.15, 0.2) is 0 Å². The quantitative estimate of drug-likeness (QED) is 0.171. The zero-order chi connectivity index (χ0) is 33.1. The van der Waals surface area contributed by atoms with Gasteiger partial charge in [-0.1, -0.05) is 102 Å². The van der Waals surface area contributed by atoms with Gasteiger partial charge in [-0.05, 0) is 88.4 Å². The van der Waals surface area contributed by atoms with E-state index in [1.54, 1.807) is 0 Å². The van der Waals surface area contributed by atoms with Crippen LogP contribution in [0.15, 0.2) is 109 Å². The predicted molar refractivity (Wildman–Crippen MR) is 213 cm³/mol. The highest BCUT2D eigenvalue weighted by Gasteiger charge is 2.47. The number of thiophene rings is 2. The lowest BCUT2D eigenvalue weighted by molar-refractivity contribution is 0.590. The van der Waals surface area contributed by atoms with E-state index in [0.29, 0.717) is 0 Å². The minimum absolute atomic E-state index is 0.0921. The van der Waals surface area contributed by atoms with Gasteiger partial charge in [0.05, 0.1) is 11.4 Å². The second-order valence-corrected chi connectivity index (χ2v) is 17.7. The Morgan fingerprint density at radius 2 is 0.917 bits per heavy atom. The van der Waals surface area contributed by atoms with E-state index in [-0.39, 0.29) is 17.5 Å². The first kappa shape index (κ1) is 29.8. The second kappa shape index (κ2) is 10.3. The van der Waals surface area contributed by atoms with Gasteiger partial charge in [0, 0.05) is 52.5 Å². The Kier molecular flexibility index (Phi) is 6.42. The van der Waals surface area contributed by atoms with Crippen LogP contribution < -0.4 is 24.8 Å². The fourth-order valence-electron chi connectivity index (χ4n) is 7.76. The number of benzene rings is 5. The first-order valence-corrected chi connectivity index (χ1v) is 18.6. The third-order valence-corrected chi connectivity index (χ3v) is 12.6. The molecule has 236 valence electrons. The molecule has 2 aliphatic rings. The maximum absolute atomic E-state index is 2.57. The first-order chi connectivity index (χ1) is 23.0. The van der Waals surface area contributed by atoms with Crippen molar-refractivity contribution in [2.24, 2.45) is 0 Å². The third-order valence-electron chi connectivity index (χ3n) is 10.2. The molecule has 4 heterocycles. The predicted octanol–water partition coefficient (Wildman–Crippen LogP) is 11.1. The average Bonchev–Trinajstić information content (AvgIpc) is 3.63. The maximum atomic E-state index is 2.57. The number of nitrogens with zero attached hydrogens (tertiary/aromatic N) is 2. The van der Waals surface area contributed by atoms with Crippen molar-refractivity contribution in [2.75, 3.05) is 9.80 Å². The molecule has 0 spiro atoms. The number of fused-ring (bicyclic) bond motifs is 8. The molecule has 0 N–H and O–H groups in total. The number of hydrogen-bond acceptors (Lipinski definition) is 4. The Morgan fingerprint density at radius 3 is 1.31 bits per heavy atom. The molecule has 2 aliphatic heterocycles. The number of hydrogen-bond donors (Lipinski definition) is 0. The largest absolute Gasteiger partial charge is 0.310 e.